The summed E-state index contributed by atoms with van der Waals surface area (Å²) < 4.78 is 48.6. The van der Waals surface area contributed by atoms with Crippen LogP contribution in [0.2, 0.25) is 25.7 Å². The molecule has 3 rings (SSSR count). The van der Waals surface area contributed by atoms with Crippen molar-refractivity contribution < 1.29 is 17.9 Å². The van der Waals surface area contributed by atoms with Crippen LogP contribution in [0.4, 0.5) is 13.2 Å². The Morgan fingerprint density at radius 1 is 1.23 bits per heavy atom. The summed E-state index contributed by atoms with van der Waals surface area (Å²) in [6, 6.07) is 6.40. The van der Waals surface area contributed by atoms with Crippen LogP contribution in [0, 0.1) is 0 Å². The summed E-state index contributed by atoms with van der Waals surface area (Å²) in [7, 11) is -1.25. The van der Waals surface area contributed by atoms with Crippen LogP contribution >= 0.6 is 11.6 Å². The largest absolute Gasteiger partial charge is 0.418 e. The topological polar surface area (TPSA) is 14.2 Å². The number of fused-ring (bicyclic) bond motifs is 1. The monoisotopic (exact) mass is 403 g/mol. The van der Waals surface area contributed by atoms with E-state index in [1.165, 1.54) is 0 Å². The molecule has 0 amide bonds. The standard InChI is InChI=1S/C19H25ClF3NOSi/c1-26(2,3)9-8-25-12-24-16-7-6-14(13-4-5-13)10-15(16)18(17(24)11-20)19(21,22)23/h6-7,10,13H,4-5,8-9,11-12H2,1-3H3. The first-order valence-electron chi connectivity index (χ1n) is 8.98. The van der Waals surface area contributed by atoms with E-state index in [-0.39, 0.29) is 23.7 Å². The molecule has 0 N–H and O–H groups in total. The summed E-state index contributed by atoms with van der Waals surface area (Å²) in [6.45, 7) is 7.38. The molecular weight excluding hydrogens is 379 g/mol. The average Bonchev–Trinajstić information content (AvgIpc) is 3.31. The minimum absolute atomic E-state index is 0.0927. The Morgan fingerprint density at radius 3 is 2.46 bits per heavy atom. The first kappa shape index (κ1) is 19.8. The van der Waals surface area contributed by atoms with E-state index in [2.05, 4.69) is 19.6 Å². The molecule has 7 heteroatoms. The normalized spacial score (nSPS) is 15.8. The van der Waals surface area contributed by atoms with Crippen molar-refractivity contribution in [2.75, 3.05) is 6.61 Å². The number of hydrogen-bond acceptors (Lipinski definition) is 1. The van der Waals surface area contributed by atoms with E-state index in [9.17, 15) is 13.2 Å². The number of aromatic nitrogens is 1. The predicted octanol–water partition coefficient (Wildman–Crippen LogP) is 6.59. The molecule has 2 nitrogen and oxygen atoms in total. The summed E-state index contributed by atoms with van der Waals surface area (Å²) in [5.74, 6) is 0.205. The van der Waals surface area contributed by atoms with Crippen molar-refractivity contribution in [2.45, 2.75) is 63.2 Å². The molecule has 1 fully saturated rings. The average molecular weight is 404 g/mol. The Kier molecular flexibility index (Phi) is 5.48. The van der Waals surface area contributed by atoms with Crippen LogP contribution in [0.5, 0.6) is 0 Å². The molecule has 144 valence electrons. The number of halogens is 4. The highest BCUT2D eigenvalue weighted by atomic mass is 35.5. The molecule has 1 aliphatic carbocycles. The number of hydrogen-bond donors (Lipinski definition) is 0. The zero-order valence-electron chi connectivity index (χ0n) is 15.4. The van der Waals surface area contributed by atoms with Gasteiger partial charge in [-0.1, -0.05) is 25.7 Å². The highest BCUT2D eigenvalue weighted by Gasteiger charge is 2.38. The maximum absolute atomic E-state index is 13.8. The second-order valence-corrected chi connectivity index (χ2v) is 14.2. The lowest BCUT2D eigenvalue weighted by Crippen LogP contribution is -2.22. The highest BCUT2D eigenvalue weighted by Crippen LogP contribution is 2.44. The van der Waals surface area contributed by atoms with E-state index in [1.807, 2.05) is 6.07 Å². The molecule has 1 aromatic carbocycles. The molecule has 1 heterocycles. The fraction of sp³-hybridized carbons (Fsp3) is 0.579. The van der Waals surface area contributed by atoms with Gasteiger partial charge in [0.05, 0.1) is 17.0 Å². The van der Waals surface area contributed by atoms with Gasteiger partial charge in [0.25, 0.3) is 0 Å². The molecule has 0 unspecified atom stereocenters. The maximum Gasteiger partial charge on any atom is 0.418 e. The van der Waals surface area contributed by atoms with Crippen molar-refractivity contribution in [3.8, 4) is 0 Å². The van der Waals surface area contributed by atoms with E-state index >= 15 is 0 Å². The number of ether oxygens (including phenoxy) is 1. The second-order valence-electron chi connectivity index (χ2n) is 8.28. The first-order valence-corrected chi connectivity index (χ1v) is 13.2. The minimum Gasteiger partial charge on any atom is -0.361 e. The fourth-order valence-electron chi connectivity index (χ4n) is 3.23. The molecule has 1 aromatic heterocycles. The van der Waals surface area contributed by atoms with Crippen LogP contribution in [-0.4, -0.2) is 19.2 Å². The van der Waals surface area contributed by atoms with Crippen LogP contribution < -0.4 is 0 Å². The van der Waals surface area contributed by atoms with Gasteiger partial charge in [0.15, 0.2) is 0 Å². The molecular formula is C19H25ClF3NOSi. The van der Waals surface area contributed by atoms with Crippen molar-refractivity contribution in [1.29, 1.82) is 0 Å². The van der Waals surface area contributed by atoms with E-state index < -0.39 is 19.8 Å². The van der Waals surface area contributed by atoms with Gasteiger partial charge in [0, 0.05) is 25.8 Å². The van der Waals surface area contributed by atoms with Crippen LogP contribution in [0.15, 0.2) is 18.2 Å². The Balaban J connectivity index is 1.98. The highest BCUT2D eigenvalue weighted by molar-refractivity contribution is 6.76. The second kappa shape index (κ2) is 7.21. The summed E-state index contributed by atoms with van der Waals surface area (Å²) in [5, 5.41) is 0.242. The minimum atomic E-state index is -4.44. The van der Waals surface area contributed by atoms with Crippen molar-refractivity contribution in [3.05, 3.63) is 35.0 Å². The third-order valence-corrected chi connectivity index (χ3v) is 6.83. The summed E-state index contributed by atoms with van der Waals surface area (Å²) in [5.41, 5.74) is 1.01. The van der Waals surface area contributed by atoms with Gasteiger partial charge in [-0.05, 0) is 42.5 Å². The maximum atomic E-state index is 13.8. The van der Waals surface area contributed by atoms with Crippen molar-refractivity contribution in [3.63, 3.8) is 0 Å². The van der Waals surface area contributed by atoms with Crippen LogP contribution in [0.1, 0.15) is 35.6 Å². The zero-order valence-corrected chi connectivity index (χ0v) is 17.2. The van der Waals surface area contributed by atoms with Crippen molar-refractivity contribution in [2.24, 2.45) is 0 Å². The van der Waals surface area contributed by atoms with Crippen molar-refractivity contribution in [1.82, 2.24) is 4.57 Å². The van der Waals surface area contributed by atoms with Crippen LogP contribution in [0.25, 0.3) is 10.9 Å². The summed E-state index contributed by atoms with van der Waals surface area (Å²) in [6.07, 6.45) is -2.33. The predicted molar refractivity (Wildman–Crippen MR) is 103 cm³/mol. The van der Waals surface area contributed by atoms with Crippen molar-refractivity contribution >= 4 is 30.6 Å². The molecule has 0 aliphatic heterocycles. The molecule has 0 atom stereocenters. The molecule has 0 saturated heterocycles. The van der Waals surface area contributed by atoms with E-state index in [1.54, 1.807) is 16.7 Å². The lowest BCUT2D eigenvalue weighted by atomic mass is 10.0. The van der Waals surface area contributed by atoms with E-state index in [4.69, 9.17) is 16.3 Å². The number of alkyl halides is 4. The van der Waals surface area contributed by atoms with Gasteiger partial charge in [0.1, 0.15) is 6.73 Å². The first-order chi connectivity index (χ1) is 12.1. The lowest BCUT2D eigenvalue weighted by Gasteiger charge is -2.17. The Hall–Kier alpha value is -0.983. The third-order valence-electron chi connectivity index (χ3n) is 4.87. The fourth-order valence-corrected chi connectivity index (χ4v) is 4.27. The molecule has 2 aromatic rings. The van der Waals surface area contributed by atoms with Gasteiger partial charge >= 0.3 is 6.18 Å². The SMILES string of the molecule is C[Si](C)(C)CCOCn1c(CCl)c(C(F)(F)F)c2cc(C3CC3)ccc21. The molecule has 1 saturated carbocycles. The zero-order chi connectivity index (χ0) is 19.1. The smallest absolute Gasteiger partial charge is 0.361 e. The number of nitrogens with zero attached hydrogens (tertiary/aromatic N) is 1. The van der Waals surface area contributed by atoms with E-state index in [0.717, 1.165) is 24.4 Å². The molecule has 1 aliphatic rings. The molecule has 0 spiro atoms. The molecule has 0 radical (unpaired) electrons. The van der Waals surface area contributed by atoms with E-state index in [0.29, 0.717) is 18.0 Å². The summed E-state index contributed by atoms with van der Waals surface area (Å²) >= 11 is 5.95. The summed E-state index contributed by atoms with van der Waals surface area (Å²) in [4.78, 5) is 0. The quantitative estimate of drug-likeness (QED) is 0.289. The van der Waals surface area contributed by atoms with Gasteiger partial charge in [-0.15, -0.1) is 11.6 Å². The van der Waals surface area contributed by atoms with Gasteiger partial charge < -0.3 is 9.30 Å². The Morgan fingerprint density at radius 2 is 1.92 bits per heavy atom. The molecule has 0 bridgehead atoms. The van der Waals surface area contributed by atoms with Gasteiger partial charge in [-0.3, -0.25) is 0 Å². The number of benzene rings is 1. The number of rotatable bonds is 7. The Labute approximate surface area is 158 Å². The van der Waals surface area contributed by atoms with Crippen LogP contribution in [-0.2, 0) is 23.5 Å². The third kappa shape index (κ3) is 4.29. The van der Waals surface area contributed by atoms with Gasteiger partial charge in [0.2, 0.25) is 0 Å². The van der Waals surface area contributed by atoms with Gasteiger partial charge in [-0.2, -0.15) is 13.2 Å². The Bertz CT molecular complexity index is 791. The van der Waals surface area contributed by atoms with Crippen LogP contribution in [0.3, 0.4) is 0 Å². The van der Waals surface area contributed by atoms with Gasteiger partial charge in [-0.25, -0.2) is 0 Å². The molecule has 26 heavy (non-hydrogen) atoms. The lowest BCUT2D eigenvalue weighted by molar-refractivity contribution is -0.137.